The first-order chi connectivity index (χ1) is 8.32. The van der Waals surface area contributed by atoms with Crippen LogP contribution in [0.5, 0.6) is 0 Å². The second-order valence-corrected chi connectivity index (χ2v) is 6.22. The number of aromatic nitrogens is 1. The number of hydrogen-bond donors (Lipinski definition) is 2. The summed E-state index contributed by atoms with van der Waals surface area (Å²) in [5, 5.41) is 18.2. The lowest BCUT2D eigenvalue weighted by Crippen LogP contribution is -2.29. The Labute approximate surface area is 104 Å². The third-order valence-corrected chi connectivity index (χ3v) is 4.79. The zero-order valence-electron chi connectivity index (χ0n) is 9.78. The van der Waals surface area contributed by atoms with E-state index >= 15 is 0 Å². The van der Waals surface area contributed by atoms with Gasteiger partial charge in [0.25, 0.3) is 0 Å². The Hall–Kier alpha value is -1.38. The molecule has 1 atom stereocenters. The van der Waals surface area contributed by atoms with Crippen molar-refractivity contribution in [3.8, 4) is 0 Å². The van der Waals surface area contributed by atoms with E-state index in [-0.39, 0.29) is 23.7 Å². The average molecular weight is 274 g/mol. The largest absolute Gasteiger partial charge is 0.477 e. The fourth-order valence-electron chi connectivity index (χ4n) is 1.97. The lowest BCUT2D eigenvalue weighted by molar-refractivity contribution is 0.0686. The molecule has 1 unspecified atom stereocenters. The molecule has 0 bridgehead atoms. The van der Waals surface area contributed by atoms with Gasteiger partial charge in [-0.25, -0.2) is 13.2 Å². The molecule has 2 heterocycles. The molecule has 100 valence electrons. The molecule has 7 nitrogen and oxygen atoms in total. The minimum Gasteiger partial charge on any atom is -0.477 e. The maximum absolute atomic E-state index is 12.2. The summed E-state index contributed by atoms with van der Waals surface area (Å²) < 4.78 is 26.8. The van der Waals surface area contributed by atoms with Crippen molar-refractivity contribution >= 4 is 16.0 Å². The summed E-state index contributed by atoms with van der Waals surface area (Å²) >= 11 is 0. The van der Waals surface area contributed by atoms with E-state index < -0.39 is 22.1 Å². The number of carboxylic acid groups (broad SMARTS) is 1. The van der Waals surface area contributed by atoms with Crippen LogP contribution in [0.25, 0.3) is 0 Å². The zero-order valence-corrected chi connectivity index (χ0v) is 10.6. The Bertz CT molecular complexity index is 577. The van der Waals surface area contributed by atoms with Crippen LogP contribution in [0, 0.1) is 0 Å². The molecule has 1 saturated heterocycles. The number of carboxylic acids is 1. The van der Waals surface area contributed by atoms with E-state index in [1.165, 1.54) is 22.1 Å². The average Bonchev–Trinajstić information content (AvgIpc) is 2.84. The van der Waals surface area contributed by atoms with Crippen molar-refractivity contribution in [2.45, 2.75) is 17.4 Å². The Kier molecular flexibility index (Phi) is 3.18. The van der Waals surface area contributed by atoms with Gasteiger partial charge in [0.2, 0.25) is 10.0 Å². The molecule has 0 saturated carbocycles. The van der Waals surface area contributed by atoms with Crippen molar-refractivity contribution in [2.24, 2.45) is 7.05 Å². The molecular formula is C10H14N2O5S. The van der Waals surface area contributed by atoms with Gasteiger partial charge in [-0.1, -0.05) is 0 Å². The molecule has 8 heteroatoms. The maximum Gasteiger partial charge on any atom is 0.352 e. The number of nitrogens with zero attached hydrogens (tertiary/aromatic N) is 2. The summed E-state index contributed by atoms with van der Waals surface area (Å²) in [6, 6.07) is 1.13. The molecule has 0 radical (unpaired) electrons. The lowest BCUT2D eigenvalue weighted by Gasteiger charge is -2.14. The monoisotopic (exact) mass is 274 g/mol. The highest BCUT2D eigenvalue weighted by atomic mass is 32.2. The van der Waals surface area contributed by atoms with Crippen LogP contribution in [0.15, 0.2) is 17.2 Å². The molecule has 0 aromatic carbocycles. The fraction of sp³-hybridized carbons (Fsp3) is 0.500. The minimum absolute atomic E-state index is 0.0552. The van der Waals surface area contributed by atoms with E-state index in [1.54, 1.807) is 0 Å². The molecule has 1 aromatic rings. The van der Waals surface area contributed by atoms with E-state index in [2.05, 4.69) is 0 Å². The van der Waals surface area contributed by atoms with Crippen LogP contribution in [0.2, 0.25) is 0 Å². The molecule has 1 aliphatic rings. The highest BCUT2D eigenvalue weighted by Crippen LogP contribution is 2.22. The quantitative estimate of drug-likeness (QED) is 0.772. The summed E-state index contributed by atoms with van der Waals surface area (Å²) in [5.41, 5.74) is -0.0895. The molecule has 1 aromatic heterocycles. The van der Waals surface area contributed by atoms with Crippen LogP contribution in [-0.2, 0) is 17.1 Å². The molecule has 0 aliphatic carbocycles. The number of aryl methyl sites for hydroxylation is 1. The molecular weight excluding hydrogens is 260 g/mol. The van der Waals surface area contributed by atoms with Crippen molar-refractivity contribution in [1.82, 2.24) is 8.87 Å². The van der Waals surface area contributed by atoms with Crippen molar-refractivity contribution in [1.29, 1.82) is 0 Å². The summed E-state index contributed by atoms with van der Waals surface area (Å²) in [5.74, 6) is -1.18. The fourth-order valence-corrected chi connectivity index (χ4v) is 3.53. The van der Waals surface area contributed by atoms with Gasteiger partial charge < -0.3 is 14.8 Å². The number of β-amino-alcohol motifs (C(OH)–C–C–N with tert-alkyl or cyclic N) is 1. The summed E-state index contributed by atoms with van der Waals surface area (Å²) in [4.78, 5) is 10.8. The molecule has 2 N–H and O–H groups in total. The van der Waals surface area contributed by atoms with E-state index in [4.69, 9.17) is 5.11 Å². The first-order valence-electron chi connectivity index (χ1n) is 5.40. The highest BCUT2D eigenvalue weighted by molar-refractivity contribution is 7.89. The zero-order chi connectivity index (χ0) is 13.5. The molecule has 2 rings (SSSR count). The van der Waals surface area contributed by atoms with Gasteiger partial charge in [0.1, 0.15) is 10.6 Å². The minimum atomic E-state index is -3.72. The van der Waals surface area contributed by atoms with Gasteiger partial charge in [0.15, 0.2) is 0 Å². The van der Waals surface area contributed by atoms with Crippen LogP contribution < -0.4 is 0 Å². The normalized spacial score (nSPS) is 21.3. The van der Waals surface area contributed by atoms with E-state index in [0.29, 0.717) is 6.42 Å². The Morgan fingerprint density at radius 2 is 2.17 bits per heavy atom. The summed E-state index contributed by atoms with van der Waals surface area (Å²) in [6.07, 6.45) is 1.02. The Morgan fingerprint density at radius 3 is 2.61 bits per heavy atom. The Morgan fingerprint density at radius 1 is 1.50 bits per heavy atom. The number of sulfonamides is 1. The smallest absolute Gasteiger partial charge is 0.352 e. The number of aromatic carboxylic acids is 1. The van der Waals surface area contributed by atoms with Gasteiger partial charge >= 0.3 is 5.97 Å². The van der Waals surface area contributed by atoms with Crippen LogP contribution in [-0.4, -0.2) is 52.7 Å². The van der Waals surface area contributed by atoms with E-state index in [9.17, 15) is 18.3 Å². The second kappa shape index (κ2) is 4.38. The van der Waals surface area contributed by atoms with Crippen LogP contribution >= 0.6 is 0 Å². The summed E-state index contributed by atoms with van der Waals surface area (Å²) in [7, 11) is -2.24. The molecule has 0 spiro atoms. The van der Waals surface area contributed by atoms with Gasteiger partial charge in [0, 0.05) is 26.3 Å². The topological polar surface area (TPSA) is 99.8 Å². The predicted molar refractivity (Wildman–Crippen MR) is 61.8 cm³/mol. The SMILES string of the molecule is Cn1cc(S(=O)(=O)N2CCC(O)C2)cc1C(=O)O. The van der Waals surface area contributed by atoms with Crippen molar-refractivity contribution in [3.63, 3.8) is 0 Å². The standard InChI is InChI=1S/C10H14N2O5S/c1-11-6-8(4-9(11)10(14)15)18(16,17)12-3-2-7(13)5-12/h4,6-7,13H,2-3,5H2,1H3,(H,14,15). The molecule has 1 fully saturated rings. The van der Waals surface area contributed by atoms with Gasteiger partial charge in [-0.15, -0.1) is 0 Å². The van der Waals surface area contributed by atoms with Gasteiger partial charge in [-0.05, 0) is 12.5 Å². The number of carbonyl (C=O) groups is 1. The second-order valence-electron chi connectivity index (χ2n) is 4.28. The lowest BCUT2D eigenvalue weighted by atomic mass is 10.3. The maximum atomic E-state index is 12.2. The van der Waals surface area contributed by atoms with Gasteiger partial charge in [-0.2, -0.15) is 4.31 Å². The van der Waals surface area contributed by atoms with Gasteiger partial charge in [0.05, 0.1) is 6.10 Å². The van der Waals surface area contributed by atoms with Gasteiger partial charge in [-0.3, -0.25) is 0 Å². The van der Waals surface area contributed by atoms with Crippen molar-refractivity contribution in [3.05, 3.63) is 18.0 Å². The van der Waals surface area contributed by atoms with Crippen molar-refractivity contribution < 1.29 is 23.4 Å². The van der Waals surface area contributed by atoms with E-state index in [1.807, 2.05) is 0 Å². The molecule has 18 heavy (non-hydrogen) atoms. The highest BCUT2D eigenvalue weighted by Gasteiger charge is 2.33. The molecule has 0 amide bonds. The predicted octanol–water partition coefficient (Wildman–Crippen LogP) is -0.521. The van der Waals surface area contributed by atoms with Crippen LogP contribution in [0.3, 0.4) is 0 Å². The number of hydrogen-bond acceptors (Lipinski definition) is 4. The first-order valence-corrected chi connectivity index (χ1v) is 6.84. The number of rotatable bonds is 3. The van der Waals surface area contributed by atoms with E-state index in [0.717, 1.165) is 6.07 Å². The van der Waals surface area contributed by atoms with Crippen LogP contribution in [0.1, 0.15) is 16.9 Å². The van der Waals surface area contributed by atoms with Crippen LogP contribution in [0.4, 0.5) is 0 Å². The number of aliphatic hydroxyl groups excluding tert-OH is 1. The number of aliphatic hydroxyl groups is 1. The molecule has 1 aliphatic heterocycles. The van der Waals surface area contributed by atoms with Crippen molar-refractivity contribution in [2.75, 3.05) is 13.1 Å². The Balaban J connectivity index is 2.36. The summed E-state index contributed by atoms with van der Waals surface area (Å²) in [6.45, 7) is 0.306. The third kappa shape index (κ3) is 2.14. The third-order valence-electron chi connectivity index (χ3n) is 2.96. The first kappa shape index (κ1) is 13.1.